The van der Waals surface area contributed by atoms with Crippen molar-refractivity contribution in [2.75, 3.05) is 6.61 Å². The molecule has 0 aliphatic heterocycles. The van der Waals surface area contributed by atoms with Gasteiger partial charge in [0.05, 0.1) is 6.61 Å². The van der Waals surface area contributed by atoms with E-state index in [1.165, 1.54) is 6.08 Å². The van der Waals surface area contributed by atoms with Crippen LogP contribution in [-0.4, -0.2) is 18.0 Å². The second-order valence-electron chi connectivity index (χ2n) is 1.79. The van der Waals surface area contributed by atoms with Crippen LogP contribution >= 0.6 is 11.6 Å². The van der Waals surface area contributed by atoms with Gasteiger partial charge in [0.1, 0.15) is 0 Å². The molecule has 0 aromatic carbocycles. The standard InChI is InChI=1S/C7H11ClO2/c1-3-10-7(9)5-4-6(2)8/h4-6H,3H2,1-2H3/b5-4+. The smallest absolute Gasteiger partial charge is 0.330 e. The first-order valence-corrected chi connectivity index (χ1v) is 3.59. The molecule has 0 saturated heterocycles. The largest absolute Gasteiger partial charge is 0.463 e. The summed E-state index contributed by atoms with van der Waals surface area (Å²) in [6.45, 7) is 3.94. The summed E-state index contributed by atoms with van der Waals surface area (Å²) in [5, 5.41) is -0.121. The first kappa shape index (κ1) is 9.50. The van der Waals surface area contributed by atoms with Crippen LogP contribution in [0, 0.1) is 0 Å². The van der Waals surface area contributed by atoms with Crippen molar-refractivity contribution in [2.24, 2.45) is 0 Å². The Balaban J connectivity index is 3.56. The molecule has 0 rings (SSSR count). The molecule has 0 spiro atoms. The van der Waals surface area contributed by atoms with Crippen LogP contribution in [-0.2, 0) is 9.53 Å². The van der Waals surface area contributed by atoms with Crippen molar-refractivity contribution in [3.63, 3.8) is 0 Å². The minimum atomic E-state index is -0.338. The molecule has 0 aromatic rings. The van der Waals surface area contributed by atoms with Gasteiger partial charge in [0.15, 0.2) is 0 Å². The van der Waals surface area contributed by atoms with Gasteiger partial charge >= 0.3 is 5.97 Å². The van der Waals surface area contributed by atoms with Gasteiger partial charge in [0.2, 0.25) is 0 Å². The molecular formula is C7H11ClO2. The Bertz CT molecular complexity index is 130. The zero-order valence-electron chi connectivity index (χ0n) is 6.13. The molecule has 0 fully saturated rings. The van der Waals surface area contributed by atoms with Gasteiger partial charge in [0.25, 0.3) is 0 Å². The Labute approximate surface area is 65.8 Å². The predicted octanol–water partition coefficient (Wildman–Crippen LogP) is 1.73. The SMILES string of the molecule is CCOC(=O)/C=C/C(C)Cl. The fourth-order valence-electron chi connectivity index (χ4n) is 0.402. The fraction of sp³-hybridized carbons (Fsp3) is 0.571. The Hall–Kier alpha value is -0.500. The third kappa shape index (κ3) is 5.63. The molecule has 2 nitrogen and oxygen atoms in total. The van der Waals surface area contributed by atoms with E-state index in [0.717, 1.165) is 0 Å². The first-order valence-electron chi connectivity index (χ1n) is 3.15. The fourth-order valence-corrected chi connectivity index (χ4v) is 0.474. The number of carbonyl (C=O) groups is 1. The third-order valence-corrected chi connectivity index (χ3v) is 0.930. The maximum absolute atomic E-state index is 10.6. The van der Waals surface area contributed by atoms with E-state index in [4.69, 9.17) is 11.6 Å². The molecule has 10 heavy (non-hydrogen) atoms. The van der Waals surface area contributed by atoms with Gasteiger partial charge < -0.3 is 4.74 Å². The molecule has 58 valence electrons. The molecule has 0 amide bonds. The van der Waals surface area contributed by atoms with Crippen LogP contribution in [0.4, 0.5) is 0 Å². The highest BCUT2D eigenvalue weighted by atomic mass is 35.5. The van der Waals surface area contributed by atoms with Crippen LogP contribution in [0.3, 0.4) is 0 Å². The molecule has 1 atom stereocenters. The lowest BCUT2D eigenvalue weighted by molar-refractivity contribution is -0.137. The second kappa shape index (κ2) is 5.30. The predicted molar refractivity (Wildman–Crippen MR) is 41.1 cm³/mol. The van der Waals surface area contributed by atoms with Gasteiger partial charge in [-0.3, -0.25) is 0 Å². The minimum Gasteiger partial charge on any atom is -0.463 e. The monoisotopic (exact) mass is 162 g/mol. The van der Waals surface area contributed by atoms with Crippen LogP contribution in [0.15, 0.2) is 12.2 Å². The van der Waals surface area contributed by atoms with Crippen molar-refractivity contribution in [3.8, 4) is 0 Å². The van der Waals surface area contributed by atoms with E-state index >= 15 is 0 Å². The zero-order valence-corrected chi connectivity index (χ0v) is 6.89. The number of allylic oxidation sites excluding steroid dienone is 1. The Morgan fingerprint density at radius 1 is 1.80 bits per heavy atom. The van der Waals surface area contributed by atoms with Crippen molar-refractivity contribution in [1.29, 1.82) is 0 Å². The van der Waals surface area contributed by atoms with Crippen molar-refractivity contribution in [3.05, 3.63) is 12.2 Å². The lowest BCUT2D eigenvalue weighted by Crippen LogP contribution is -1.99. The van der Waals surface area contributed by atoms with E-state index in [1.54, 1.807) is 19.9 Å². The van der Waals surface area contributed by atoms with Crippen LogP contribution < -0.4 is 0 Å². The summed E-state index contributed by atoms with van der Waals surface area (Å²) in [4.78, 5) is 10.6. The number of halogens is 1. The van der Waals surface area contributed by atoms with E-state index in [2.05, 4.69) is 4.74 Å². The number of hydrogen-bond donors (Lipinski definition) is 0. The summed E-state index contributed by atoms with van der Waals surface area (Å²) >= 11 is 5.53. The zero-order chi connectivity index (χ0) is 7.98. The van der Waals surface area contributed by atoms with E-state index in [1.807, 2.05) is 0 Å². The number of alkyl halides is 1. The molecule has 0 bridgehead atoms. The van der Waals surface area contributed by atoms with E-state index in [0.29, 0.717) is 6.61 Å². The Kier molecular flexibility index (Phi) is 5.03. The lowest BCUT2D eigenvalue weighted by atomic mass is 10.4. The summed E-state index contributed by atoms with van der Waals surface area (Å²) in [5.74, 6) is -0.338. The van der Waals surface area contributed by atoms with Gasteiger partial charge in [0, 0.05) is 11.5 Å². The van der Waals surface area contributed by atoms with Crippen molar-refractivity contribution in [1.82, 2.24) is 0 Å². The highest BCUT2D eigenvalue weighted by Gasteiger charge is 1.93. The molecule has 3 heteroatoms. The normalized spacial score (nSPS) is 13.5. The average Bonchev–Trinajstić information content (AvgIpc) is 1.85. The molecule has 0 N–H and O–H groups in total. The topological polar surface area (TPSA) is 26.3 Å². The summed E-state index contributed by atoms with van der Waals surface area (Å²) in [6.07, 6.45) is 2.92. The first-order chi connectivity index (χ1) is 4.66. The molecule has 0 radical (unpaired) electrons. The summed E-state index contributed by atoms with van der Waals surface area (Å²) < 4.78 is 4.61. The van der Waals surface area contributed by atoms with Crippen LogP contribution in [0.1, 0.15) is 13.8 Å². The van der Waals surface area contributed by atoms with E-state index in [-0.39, 0.29) is 11.3 Å². The van der Waals surface area contributed by atoms with Gasteiger partial charge in [-0.2, -0.15) is 0 Å². The molecular weight excluding hydrogens is 152 g/mol. The highest BCUT2D eigenvalue weighted by Crippen LogP contribution is 1.94. The van der Waals surface area contributed by atoms with Gasteiger partial charge in [-0.25, -0.2) is 4.79 Å². The van der Waals surface area contributed by atoms with Crippen molar-refractivity contribution < 1.29 is 9.53 Å². The summed E-state index contributed by atoms with van der Waals surface area (Å²) in [6, 6.07) is 0. The number of esters is 1. The molecule has 0 saturated carbocycles. The van der Waals surface area contributed by atoms with Crippen LogP contribution in [0.2, 0.25) is 0 Å². The number of ether oxygens (including phenoxy) is 1. The molecule has 0 aromatic heterocycles. The van der Waals surface area contributed by atoms with E-state index in [9.17, 15) is 4.79 Å². The number of rotatable bonds is 3. The van der Waals surface area contributed by atoms with Gasteiger partial charge in [-0.15, -0.1) is 11.6 Å². The maximum atomic E-state index is 10.6. The third-order valence-electron chi connectivity index (χ3n) is 0.784. The number of hydrogen-bond acceptors (Lipinski definition) is 2. The second-order valence-corrected chi connectivity index (χ2v) is 2.48. The van der Waals surface area contributed by atoms with E-state index < -0.39 is 0 Å². The lowest BCUT2D eigenvalue weighted by Gasteiger charge is -1.94. The van der Waals surface area contributed by atoms with Crippen molar-refractivity contribution in [2.45, 2.75) is 19.2 Å². The van der Waals surface area contributed by atoms with Gasteiger partial charge in [-0.05, 0) is 13.8 Å². The Morgan fingerprint density at radius 3 is 2.80 bits per heavy atom. The minimum absolute atomic E-state index is 0.121. The summed E-state index contributed by atoms with van der Waals surface area (Å²) in [5.41, 5.74) is 0. The van der Waals surface area contributed by atoms with Gasteiger partial charge in [-0.1, -0.05) is 6.08 Å². The summed E-state index contributed by atoms with van der Waals surface area (Å²) in [7, 11) is 0. The number of carbonyl (C=O) groups excluding carboxylic acids is 1. The maximum Gasteiger partial charge on any atom is 0.330 e. The quantitative estimate of drug-likeness (QED) is 0.359. The molecule has 0 aliphatic rings. The van der Waals surface area contributed by atoms with Crippen LogP contribution in [0.5, 0.6) is 0 Å². The van der Waals surface area contributed by atoms with Crippen LogP contribution in [0.25, 0.3) is 0 Å². The average molecular weight is 163 g/mol. The molecule has 1 unspecified atom stereocenters. The molecule has 0 heterocycles. The molecule has 0 aliphatic carbocycles. The Morgan fingerprint density at radius 2 is 2.40 bits per heavy atom. The van der Waals surface area contributed by atoms with Crippen molar-refractivity contribution >= 4 is 17.6 Å². The highest BCUT2D eigenvalue weighted by molar-refractivity contribution is 6.21.